The molecule has 0 heterocycles. The molecule has 0 aliphatic heterocycles. The van der Waals surface area contributed by atoms with Crippen LogP contribution < -0.4 is 9.47 Å². The first-order valence-corrected chi connectivity index (χ1v) is 7.61. The minimum absolute atomic E-state index is 0.374. The number of aliphatic hydroxyl groups excluding tert-OH is 1. The van der Waals surface area contributed by atoms with Crippen LogP contribution in [0.15, 0.2) is 39.3 Å². The van der Waals surface area contributed by atoms with Gasteiger partial charge in [-0.1, -0.05) is 22.0 Å². The van der Waals surface area contributed by atoms with Crippen LogP contribution in [0.4, 0.5) is 4.39 Å². The fourth-order valence-electron chi connectivity index (χ4n) is 2.02. The van der Waals surface area contributed by atoms with Gasteiger partial charge in [0.1, 0.15) is 27.9 Å². The zero-order valence-electron chi connectivity index (χ0n) is 11.4. The second kappa shape index (κ2) is 6.77. The van der Waals surface area contributed by atoms with Gasteiger partial charge in [0.2, 0.25) is 0 Å². The van der Waals surface area contributed by atoms with Crippen molar-refractivity contribution in [2.75, 3.05) is 14.2 Å². The lowest BCUT2D eigenvalue weighted by Gasteiger charge is -2.19. The van der Waals surface area contributed by atoms with Gasteiger partial charge in [-0.3, -0.25) is 0 Å². The van der Waals surface area contributed by atoms with E-state index in [4.69, 9.17) is 9.47 Å². The summed E-state index contributed by atoms with van der Waals surface area (Å²) < 4.78 is 24.8. The molecule has 21 heavy (non-hydrogen) atoms. The topological polar surface area (TPSA) is 38.7 Å². The van der Waals surface area contributed by atoms with E-state index in [-0.39, 0.29) is 5.82 Å². The summed E-state index contributed by atoms with van der Waals surface area (Å²) in [5.74, 6) is 0.694. The highest BCUT2D eigenvalue weighted by Crippen LogP contribution is 2.42. The Morgan fingerprint density at radius 1 is 1.05 bits per heavy atom. The minimum atomic E-state index is -0.961. The summed E-state index contributed by atoms with van der Waals surface area (Å²) in [4.78, 5) is 0. The summed E-state index contributed by atoms with van der Waals surface area (Å²) in [6, 6.07) is 7.57. The maximum Gasteiger partial charge on any atom is 0.142 e. The summed E-state index contributed by atoms with van der Waals surface area (Å²) >= 11 is 6.65. The fraction of sp³-hybridized carbons (Fsp3) is 0.200. The molecule has 0 saturated carbocycles. The van der Waals surface area contributed by atoms with Crippen LogP contribution >= 0.6 is 31.9 Å². The third-order valence-electron chi connectivity index (χ3n) is 3.07. The molecule has 3 nitrogen and oxygen atoms in total. The maximum absolute atomic E-state index is 13.2. The van der Waals surface area contributed by atoms with Gasteiger partial charge < -0.3 is 14.6 Å². The summed E-state index contributed by atoms with van der Waals surface area (Å²) in [7, 11) is 3.06. The summed E-state index contributed by atoms with van der Waals surface area (Å²) in [6.45, 7) is 0. The zero-order valence-corrected chi connectivity index (χ0v) is 14.5. The molecule has 0 aromatic heterocycles. The molecule has 0 saturated heterocycles. The average molecular weight is 420 g/mol. The maximum atomic E-state index is 13.2. The van der Waals surface area contributed by atoms with E-state index in [1.807, 2.05) is 0 Å². The van der Waals surface area contributed by atoms with E-state index in [9.17, 15) is 9.50 Å². The molecule has 112 valence electrons. The van der Waals surface area contributed by atoms with Crippen LogP contribution in [0.1, 0.15) is 17.2 Å². The van der Waals surface area contributed by atoms with Gasteiger partial charge in [-0.15, -0.1) is 0 Å². The van der Waals surface area contributed by atoms with Crippen molar-refractivity contribution in [2.45, 2.75) is 6.10 Å². The van der Waals surface area contributed by atoms with Crippen molar-refractivity contribution in [1.29, 1.82) is 0 Å². The molecule has 0 amide bonds. The third-order valence-corrected chi connectivity index (χ3v) is 4.51. The molecule has 2 aromatic carbocycles. The molecular formula is C15H13Br2FO3. The Kier molecular flexibility index (Phi) is 5.24. The summed E-state index contributed by atoms with van der Waals surface area (Å²) in [5, 5.41) is 10.6. The third kappa shape index (κ3) is 3.22. The number of aliphatic hydroxyl groups is 1. The molecule has 0 radical (unpaired) electrons. The van der Waals surface area contributed by atoms with Crippen molar-refractivity contribution in [2.24, 2.45) is 0 Å². The van der Waals surface area contributed by atoms with Crippen molar-refractivity contribution >= 4 is 31.9 Å². The Bertz CT molecular complexity index is 662. The minimum Gasteiger partial charge on any atom is -0.495 e. The molecule has 0 fully saturated rings. The number of rotatable bonds is 4. The molecule has 2 rings (SSSR count). The Morgan fingerprint density at radius 2 is 1.71 bits per heavy atom. The quantitative estimate of drug-likeness (QED) is 0.795. The van der Waals surface area contributed by atoms with Gasteiger partial charge in [0.25, 0.3) is 0 Å². The van der Waals surface area contributed by atoms with Crippen molar-refractivity contribution in [1.82, 2.24) is 0 Å². The van der Waals surface area contributed by atoms with Gasteiger partial charge >= 0.3 is 0 Å². The van der Waals surface area contributed by atoms with Crippen LogP contribution in [-0.4, -0.2) is 19.3 Å². The SMILES string of the molecule is COc1ccc(C(O)c2ccc(F)cc2Br)c(OC)c1Br. The molecule has 6 heteroatoms. The van der Waals surface area contributed by atoms with Crippen LogP contribution in [0.5, 0.6) is 11.5 Å². The van der Waals surface area contributed by atoms with Crippen LogP contribution in [0.3, 0.4) is 0 Å². The molecule has 1 atom stereocenters. The van der Waals surface area contributed by atoms with Crippen molar-refractivity contribution in [3.8, 4) is 11.5 Å². The predicted octanol–water partition coefficient (Wildman–Crippen LogP) is 4.45. The molecule has 0 aliphatic rings. The van der Waals surface area contributed by atoms with Gasteiger partial charge in [-0.2, -0.15) is 0 Å². The first-order chi connectivity index (χ1) is 9.99. The number of hydrogen-bond acceptors (Lipinski definition) is 3. The highest BCUT2D eigenvalue weighted by atomic mass is 79.9. The van der Waals surface area contributed by atoms with Gasteiger partial charge in [0.05, 0.1) is 14.2 Å². The molecular weight excluding hydrogens is 407 g/mol. The second-order valence-corrected chi connectivity index (χ2v) is 5.92. The monoisotopic (exact) mass is 418 g/mol. The largest absolute Gasteiger partial charge is 0.495 e. The lowest BCUT2D eigenvalue weighted by atomic mass is 10.0. The predicted molar refractivity (Wildman–Crippen MR) is 85.4 cm³/mol. The van der Waals surface area contributed by atoms with Crippen molar-refractivity contribution < 1.29 is 19.0 Å². The summed E-state index contributed by atoms with van der Waals surface area (Å²) in [5.41, 5.74) is 1.10. The number of methoxy groups -OCH3 is 2. The zero-order chi connectivity index (χ0) is 15.6. The smallest absolute Gasteiger partial charge is 0.142 e. The molecule has 0 bridgehead atoms. The Hall–Kier alpha value is -1.11. The number of ether oxygens (including phenoxy) is 2. The van der Waals surface area contributed by atoms with Crippen molar-refractivity contribution in [3.63, 3.8) is 0 Å². The normalized spacial score (nSPS) is 12.1. The molecule has 2 aromatic rings. The lowest BCUT2D eigenvalue weighted by molar-refractivity contribution is 0.213. The average Bonchev–Trinajstić information content (AvgIpc) is 2.46. The summed E-state index contributed by atoms with van der Waals surface area (Å²) in [6.07, 6.45) is -0.961. The van der Waals surface area contributed by atoms with Gasteiger partial charge in [0, 0.05) is 10.0 Å². The molecule has 1 N–H and O–H groups in total. The highest BCUT2D eigenvalue weighted by Gasteiger charge is 2.21. The van der Waals surface area contributed by atoms with Crippen LogP contribution in [0.2, 0.25) is 0 Å². The van der Waals surface area contributed by atoms with Crippen LogP contribution in [0, 0.1) is 5.82 Å². The van der Waals surface area contributed by atoms with Gasteiger partial charge in [-0.25, -0.2) is 4.39 Å². The molecule has 1 unspecified atom stereocenters. The van der Waals surface area contributed by atoms with Crippen molar-refractivity contribution in [3.05, 3.63) is 56.2 Å². The van der Waals surface area contributed by atoms with Crippen LogP contribution in [-0.2, 0) is 0 Å². The molecule has 0 spiro atoms. The number of halogens is 3. The Balaban J connectivity index is 2.52. The Labute approximate surface area is 139 Å². The second-order valence-electron chi connectivity index (χ2n) is 4.27. The lowest BCUT2D eigenvalue weighted by Crippen LogP contribution is -2.04. The van der Waals surface area contributed by atoms with Gasteiger partial charge in [-0.05, 0) is 45.8 Å². The van der Waals surface area contributed by atoms with E-state index in [0.29, 0.717) is 31.6 Å². The number of hydrogen-bond donors (Lipinski definition) is 1. The van der Waals surface area contributed by atoms with E-state index in [2.05, 4.69) is 31.9 Å². The van der Waals surface area contributed by atoms with Gasteiger partial charge in [0.15, 0.2) is 0 Å². The highest BCUT2D eigenvalue weighted by molar-refractivity contribution is 9.11. The van der Waals surface area contributed by atoms with E-state index in [1.165, 1.54) is 25.3 Å². The Morgan fingerprint density at radius 3 is 2.29 bits per heavy atom. The van der Waals surface area contributed by atoms with E-state index in [1.54, 1.807) is 19.2 Å². The first-order valence-electron chi connectivity index (χ1n) is 6.03. The van der Waals surface area contributed by atoms with Crippen LogP contribution in [0.25, 0.3) is 0 Å². The van der Waals surface area contributed by atoms with E-state index >= 15 is 0 Å². The fourth-order valence-corrected chi connectivity index (χ4v) is 3.28. The van der Waals surface area contributed by atoms with E-state index < -0.39 is 6.10 Å². The molecule has 0 aliphatic carbocycles. The first kappa shape index (κ1) is 16.3. The van der Waals surface area contributed by atoms with E-state index in [0.717, 1.165) is 0 Å². The standard InChI is InChI=1S/C15H13Br2FO3/c1-20-12-6-5-10(15(21-2)13(12)17)14(19)9-4-3-8(18)7-11(9)16/h3-7,14,19H,1-2H3. The number of benzene rings is 2.